The van der Waals surface area contributed by atoms with Crippen molar-refractivity contribution >= 4 is 31.3 Å². The molecule has 2 aliphatic rings. The van der Waals surface area contributed by atoms with Crippen molar-refractivity contribution < 1.29 is 38.0 Å². The lowest BCUT2D eigenvalue weighted by atomic mass is 9.97. The number of amides is 1. The van der Waals surface area contributed by atoms with E-state index < -0.39 is 44.2 Å². The SMILES string of the molecule is CCN(C(=O)O)C1=N[C@@H]2[C@@H](OCc3ccc(OC)cc3)[C@H](OCc3ccc(OC)cc3)[C@@H](CO[Si](C)(C)C(C)(C)C)O[C@@H]2S1. The Hall–Kier alpha value is -2.61. The molecule has 0 spiro atoms. The third-order valence-corrected chi connectivity index (χ3v) is 14.2. The summed E-state index contributed by atoms with van der Waals surface area (Å²) in [6.45, 7) is 14.0. The molecule has 1 saturated heterocycles. The molecule has 2 heterocycles. The molecule has 44 heavy (non-hydrogen) atoms. The van der Waals surface area contributed by atoms with Gasteiger partial charge in [-0.2, -0.15) is 0 Å². The summed E-state index contributed by atoms with van der Waals surface area (Å²) in [4.78, 5) is 18.1. The van der Waals surface area contributed by atoms with Gasteiger partial charge in [0.1, 0.15) is 41.3 Å². The van der Waals surface area contributed by atoms with Gasteiger partial charge in [0.05, 0.1) is 34.0 Å². The van der Waals surface area contributed by atoms with Crippen LogP contribution in [0, 0.1) is 0 Å². The van der Waals surface area contributed by atoms with Crippen molar-refractivity contribution in [1.82, 2.24) is 4.90 Å². The van der Waals surface area contributed by atoms with E-state index in [0.29, 0.717) is 25.0 Å². The Balaban J connectivity index is 1.66. The third kappa shape index (κ3) is 8.15. The predicted molar refractivity (Wildman–Crippen MR) is 174 cm³/mol. The number of methoxy groups -OCH3 is 2. The third-order valence-electron chi connectivity index (χ3n) is 8.49. The molecule has 242 valence electrons. The summed E-state index contributed by atoms with van der Waals surface area (Å²) in [7, 11) is 1.14. The Morgan fingerprint density at radius 3 is 1.93 bits per heavy atom. The molecule has 0 aromatic heterocycles. The lowest BCUT2D eigenvalue weighted by Gasteiger charge is -2.44. The van der Waals surface area contributed by atoms with Gasteiger partial charge in [-0.05, 0) is 60.4 Å². The average molecular weight is 647 g/mol. The number of aliphatic imine (C=N–C) groups is 1. The Morgan fingerprint density at radius 1 is 0.955 bits per heavy atom. The van der Waals surface area contributed by atoms with Gasteiger partial charge in [-0.3, -0.25) is 9.89 Å². The largest absolute Gasteiger partial charge is 0.497 e. The Bertz CT molecular complexity index is 1270. The van der Waals surface area contributed by atoms with Crippen LogP contribution in [0.2, 0.25) is 18.1 Å². The minimum absolute atomic E-state index is 0.00935. The van der Waals surface area contributed by atoms with Gasteiger partial charge < -0.3 is 33.2 Å². The van der Waals surface area contributed by atoms with Crippen LogP contribution in [0.15, 0.2) is 53.5 Å². The summed E-state index contributed by atoms with van der Waals surface area (Å²) in [5.74, 6) is 1.53. The summed E-state index contributed by atoms with van der Waals surface area (Å²) in [5.41, 5.74) is 1.49. The average Bonchev–Trinajstić information content (AvgIpc) is 3.41. The van der Waals surface area contributed by atoms with E-state index in [9.17, 15) is 9.90 Å². The molecule has 1 amide bonds. The molecule has 0 saturated carbocycles. The topological polar surface area (TPSA) is 108 Å². The maximum atomic E-state index is 12.0. The highest BCUT2D eigenvalue weighted by Crippen LogP contribution is 2.42. The zero-order chi connectivity index (χ0) is 32.1. The van der Waals surface area contributed by atoms with Crippen LogP contribution in [0.3, 0.4) is 0 Å². The van der Waals surface area contributed by atoms with Gasteiger partial charge in [-0.15, -0.1) is 0 Å². The second kappa shape index (κ2) is 14.7. The lowest BCUT2D eigenvalue weighted by molar-refractivity contribution is -0.204. The van der Waals surface area contributed by atoms with Crippen LogP contribution < -0.4 is 9.47 Å². The van der Waals surface area contributed by atoms with Crippen LogP contribution in [0.4, 0.5) is 4.79 Å². The fraction of sp³-hybridized carbons (Fsp3) is 0.562. The van der Waals surface area contributed by atoms with Crippen molar-refractivity contribution in [1.29, 1.82) is 0 Å². The van der Waals surface area contributed by atoms with E-state index >= 15 is 0 Å². The van der Waals surface area contributed by atoms with Crippen molar-refractivity contribution in [2.24, 2.45) is 4.99 Å². The molecule has 2 aromatic carbocycles. The minimum atomic E-state index is -2.13. The molecular formula is C32H46N2O8SSi. The van der Waals surface area contributed by atoms with E-state index in [4.69, 9.17) is 33.1 Å². The van der Waals surface area contributed by atoms with Crippen molar-refractivity contribution in [3.63, 3.8) is 0 Å². The zero-order valence-corrected chi connectivity index (χ0v) is 28.8. The molecule has 4 rings (SSSR count). The van der Waals surface area contributed by atoms with Gasteiger partial charge >= 0.3 is 6.09 Å². The molecule has 0 radical (unpaired) electrons. The first-order chi connectivity index (χ1) is 20.9. The maximum Gasteiger partial charge on any atom is 0.413 e. The van der Waals surface area contributed by atoms with Crippen LogP contribution in [0.1, 0.15) is 38.8 Å². The van der Waals surface area contributed by atoms with Crippen molar-refractivity contribution in [3.05, 3.63) is 59.7 Å². The van der Waals surface area contributed by atoms with E-state index in [-0.39, 0.29) is 11.6 Å². The molecular weight excluding hydrogens is 601 g/mol. The van der Waals surface area contributed by atoms with Crippen LogP contribution in [-0.2, 0) is 31.9 Å². The molecule has 5 atom stereocenters. The van der Waals surface area contributed by atoms with Crippen LogP contribution >= 0.6 is 11.8 Å². The number of ether oxygens (including phenoxy) is 5. The van der Waals surface area contributed by atoms with Gasteiger partial charge in [0.15, 0.2) is 13.5 Å². The quantitative estimate of drug-likeness (QED) is 0.262. The van der Waals surface area contributed by atoms with Crippen LogP contribution in [-0.4, -0.2) is 86.7 Å². The minimum Gasteiger partial charge on any atom is -0.497 e. The monoisotopic (exact) mass is 646 g/mol. The van der Waals surface area contributed by atoms with E-state index in [2.05, 4.69) is 33.9 Å². The number of carbonyl (C=O) groups is 1. The fourth-order valence-corrected chi connectivity index (χ4v) is 7.03. The van der Waals surface area contributed by atoms with Gasteiger partial charge in [-0.1, -0.05) is 56.8 Å². The Morgan fingerprint density at radius 2 is 1.48 bits per heavy atom. The van der Waals surface area contributed by atoms with Gasteiger partial charge in [-0.25, -0.2) is 4.79 Å². The van der Waals surface area contributed by atoms with Gasteiger partial charge in [0, 0.05) is 6.54 Å². The summed E-state index contributed by atoms with van der Waals surface area (Å²) in [5, 5.41) is 10.2. The maximum absolute atomic E-state index is 12.0. The number of fused-ring (bicyclic) bond motifs is 1. The lowest BCUT2D eigenvalue weighted by Crippen LogP contribution is -2.59. The van der Waals surface area contributed by atoms with Crippen LogP contribution in [0.5, 0.6) is 11.5 Å². The first kappa shape index (κ1) is 34.3. The van der Waals surface area contributed by atoms with Crippen molar-refractivity contribution in [3.8, 4) is 11.5 Å². The number of benzene rings is 2. The number of rotatable bonds is 12. The van der Waals surface area contributed by atoms with E-state index in [1.807, 2.05) is 48.5 Å². The number of carboxylic acid groups (broad SMARTS) is 1. The van der Waals surface area contributed by atoms with Crippen molar-refractivity contribution in [2.45, 2.75) is 88.8 Å². The molecule has 12 heteroatoms. The van der Waals surface area contributed by atoms with Crippen molar-refractivity contribution in [2.75, 3.05) is 27.4 Å². The van der Waals surface area contributed by atoms with E-state index in [0.717, 1.165) is 22.6 Å². The van der Waals surface area contributed by atoms with Crippen LogP contribution in [0.25, 0.3) is 0 Å². The molecule has 10 nitrogen and oxygen atoms in total. The normalized spacial score (nSPS) is 23.5. The summed E-state index contributed by atoms with van der Waals surface area (Å²) < 4.78 is 37.2. The first-order valence-electron chi connectivity index (χ1n) is 14.9. The smallest absolute Gasteiger partial charge is 0.413 e. The molecule has 0 aliphatic carbocycles. The Labute approximate surface area is 266 Å². The summed E-state index contributed by atoms with van der Waals surface area (Å²) >= 11 is 1.31. The number of hydrogen-bond donors (Lipinski definition) is 1. The standard InChI is InChI=1S/C32H46N2O8SSi/c1-9-34(31(35)36)30-33-26-28(40-19-22-12-16-24(38-6)17-13-22)27(39-18-21-10-14-23(37-5)15-11-21)25(42-29(26)43-30)20-41-44(7,8)32(2,3)4/h10-17,25-29H,9,18-20H2,1-8H3,(H,35,36)/t25-,26-,27-,28-,29-/m1/s1. The number of nitrogens with zero attached hydrogens (tertiary/aromatic N) is 2. The molecule has 1 N–H and O–H groups in total. The van der Waals surface area contributed by atoms with E-state index in [1.165, 1.54) is 16.7 Å². The number of amidine groups is 1. The number of hydrogen-bond acceptors (Lipinski definition) is 9. The first-order valence-corrected chi connectivity index (χ1v) is 18.7. The fourth-order valence-electron chi connectivity index (χ4n) is 4.74. The molecule has 2 aliphatic heterocycles. The van der Waals surface area contributed by atoms with E-state index in [1.54, 1.807) is 21.1 Å². The predicted octanol–water partition coefficient (Wildman–Crippen LogP) is 6.39. The van der Waals surface area contributed by atoms with Gasteiger partial charge in [0.2, 0.25) is 0 Å². The second-order valence-electron chi connectivity index (χ2n) is 12.4. The number of thioether (sulfide) groups is 1. The summed E-state index contributed by atoms with van der Waals surface area (Å²) in [6.07, 6.45) is -2.59. The Kier molecular flexibility index (Phi) is 11.4. The highest BCUT2D eigenvalue weighted by Gasteiger charge is 2.52. The highest BCUT2D eigenvalue weighted by molar-refractivity contribution is 8.14. The summed E-state index contributed by atoms with van der Waals surface area (Å²) in [6, 6.07) is 15.0. The highest BCUT2D eigenvalue weighted by atomic mass is 32.2. The molecule has 0 bridgehead atoms. The second-order valence-corrected chi connectivity index (χ2v) is 18.3. The zero-order valence-electron chi connectivity index (χ0n) is 26.9. The van der Waals surface area contributed by atoms with Gasteiger partial charge in [0.25, 0.3) is 0 Å². The molecule has 1 fully saturated rings. The molecule has 2 aromatic rings. The molecule has 0 unspecified atom stereocenters.